The van der Waals surface area contributed by atoms with E-state index in [0.717, 1.165) is 21.3 Å². The third kappa shape index (κ3) is 1.76. The maximum Gasteiger partial charge on any atom is 0.127 e. The minimum absolute atomic E-state index is 0.785. The SMILES string of the molecule is CCc1nc(Br)cnc1Br. The first-order valence-electron chi connectivity index (χ1n) is 2.91. The topological polar surface area (TPSA) is 25.8 Å². The van der Waals surface area contributed by atoms with Crippen molar-refractivity contribution in [2.45, 2.75) is 13.3 Å². The molecule has 0 aliphatic heterocycles. The van der Waals surface area contributed by atoms with Gasteiger partial charge in [0.05, 0.1) is 11.9 Å². The summed E-state index contributed by atoms with van der Waals surface area (Å²) in [4.78, 5) is 8.26. The van der Waals surface area contributed by atoms with Crippen molar-refractivity contribution in [3.63, 3.8) is 0 Å². The minimum atomic E-state index is 0.785. The van der Waals surface area contributed by atoms with E-state index in [1.54, 1.807) is 6.20 Å². The van der Waals surface area contributed by atoms with Crippen LogP contribution in [0.4, 0.5) is 0 Å². The molecule has 0 bridgehead atoms. The average molecular weight is 266 g/mol. The number of nitrogens with zero attached hydrogens (tertiary/aromatic N) is 2. The van der Waals surface area contributed by atoms with Gasteiger partial charge in [-0.1, -0.05) is 6.92 Å². The Morgan fingerprint density at radius 1 is 1.50 bits per heavy atom. The molecule has 0 radical (unpaired) electrons. The number of hydrogen-bond donors (Lipinski definition) is 0. The van der Waals surface area contributed by atoms with Gasteiger partial charge in [-0.25, -0.2) is 9.97 Å². The fourth-order valence-corrected chi connectivity index (χ4v) is 1.40. The van der Waals surface area contributed by atoms with E-state index in [1.807, 2.05) is 6.92 Å². The molecule has 0 spiro atoms. The molecule has 0 aliphatic carbocycles. The Labute approximate surface area is 76.3 Å². The van der Waals surface area contributed by atoms with Gasteiger partial charge in [0.2, 0.25) is 0 Å². The fraction of sp³-hybridized carbons (Fsp3) is 0.333. The van der Waals surface area contributed by atoms with E-state index in [4.69, 9.17) is 0 Å². The monoisotopic (exact) mass is 264 g/mol. The van der Waals surface area contributed by atoms with E-state index >= 15 is 0 Å². The molecule has 0 unspecified atom stereocenters. The number of hydrogen-bond acceptors (Lipinski definition) is 2. The first-order chi connectivity index (χ1) is 4.74. The second-order valence-corrected chi connectivity index (χ2v) is 3.35. The van der Waals surface area contributed by atoms with E-state index in [-0.39, 0.29) is 0 Å². The lowest BCUT2D eigenvalue weighted by Gasteiger charge is -1.97. The zero-order valence-corrected chi connectivity index (χ0v) is 8.61. The summed E-state index contributed by atoms with van der Waals surface area (Å²) < 4.78 is 1.62. The average Bonchev–Trinajstić information content (AvgIpc) is 1.94. The zero-order valence-electron chi connectivity index (χ0n) is 5.43. The molecule has 0 aliphatic rings. The van der Waals surface area contributed by atoms with Crippen molar-refractivity contribution in [2.24, 2.45) is 0 Å². The molecule has 54 valence electrons. The highest BCUT2D eigenvalue weighted by Gasteiger charge is 1.99. The van der Waals surface area contributed by atoms with Gasteiger partial charge >= 0.3 is 0 Å². The lowest BCUT2D eigenvalue weighted by molar-refractivity contribution is 0.962. The van der Waals surface area contributed by atoms with Crippen molar-refractivity contribution in [1.82, 2.24) is 9.97 Å². The molecule has 0 saturated heterocycles. The highest BCUT2D eigenvalue weighted by Crippen LogP contribution is 2.14. The van der Waals surface area contributed by atoms with Crippen LogP contribution in [0.1, 0.15) is 12.6 Å². The molecule has 4 heteroatoms. The van der Waals surface area contributed by atoms with Gasteiger partial charge < -0.3 is 0 Å². The number of aryl methyl sites for hydroxylation is 1. The third-order valence-electron chi connectivity index (χ3n) is 1.10. The van der Waals surface area contributed by atoms with Gasteiger partial charge in [-0.3, -0.25) is 0 Å². The van der Waals surface area contributed by atoms with Gasteiger partial charge in [0.1, 0.15) is 9.21 Å². The van der Waals surface area contributed by atoms with Crippen molar-refractivity contribution >= 4 is 31.9 Å². The molecule has 1 aromatic rings. The van der Waals surface area contributed by atoms with Crippen LogP contribution in [-0.2, 0) is 6.42 Å². The molecule has 0 saturated carbocycles. The maximum atomic E-state index is 4.20. The molecular formula is C6H6Br2N2. The number of aromatic nitrogens is 2. The molecule has 1 aromatic heterocycles. The van der Waals surface area contributed by atoms with Gasteiger partial charge in [0.15, 0.2) is 0 Å². The van der Waals surface area contributed by atoms with Crippen molar-refractivity contribution in [3.8, 4) is 0 Å². The van der Waals surface area contributed by atoms with Crippen molar-refractivity contribution < 1.29 is 0 Å². The van der Waals surface area contributed by atoms with Crippen LogP contribution < -0.4 is 0 Å². The molecular weight excluding hydrogens is 260 g/mol. The van der Waals surface area contributed by atoms with Crippen LogP contribution >= 0.6 is 31.9 Å². The molecule has 0 aromatic carbocycles. The Hall–Kier alpha value is 0.0400. The summed E-state index contributed by atoms with van der Waals surface area (Å²) in [6.07, 6.45) is 2.57. The normalized spacial score (nSPS) is 9.90. The van der Waals surface area contributed by atoms with Crippen LogP contribution in [0.3, 0.4) is 0 Å². The predicted molar refractivity (Wildman–Crippen MR) is 46.8 cm³/mol. The Bertz CT molecular complexity index is 237. The second kappa shape index (κ2) is 3.44. The predicted octanol–water partition coefficient (Wildman–Crippen LogP) is 2.56. The summed E-state index contributed by atoms with van der Waals surface area (Å²) in [6, 6.07) is 0. The number of rotatable bonds is 1. The smallest absolute Gasteiger partial charge is 0.127 e. The lowest BCUT2D eigenvalue weighted by atomic mass is 10.4. The fourth-order valence-electron chi connectivity index (χ4n) is 0.613. The van der Waals surface area contributed by atoms with Crippen LogP contribution in [0, 0.1) is 0 Å². The highest BCUT2D eigenvalue weighted by molar-refractivity contribution is 9.10. The maximum absolute atomic E-state index is 4.20. The molecule has 2 nitrogen and oxygen atoms in total. The van der Waals surface area contributed by atoms with Gasteiger partial charge in [-0.15, -0.1) is 0 Å². The van der Waals surface area contributed by atoms with E-state index in [2.05, 4.69) is 41.8 Å². The van der Waals surface area contributed by atoms with Gasteiger partial charge in [0, 0.05) is 0 Å². The van der Waals surface area contributed by atoms with Crippen LogP contribution in [0.2, 0.25) is 0 Å². The molecule has 10 heavy (non-hydrogen) atoms. The van der Waals surface area contributed by atoms with Gasteiger partial charge in [-0.2, -0.15) is 0 Å². The van der Waals surface area contributed by atoms with Crippen molar-refractivity contribution in [3.05, 3.63) is 21.1 Å². The lowest BCUT2D eigenvalue weighted by Crippen LogP contribution is -1.91. The zero-order chi connectivity index (χ0) is 7.56. The Balaban J connectivity index is 3.09. The highest BCUT2D eigenvalue weighted by atomic mass is 79.9. The molecule has 0 amide bonds. The molecule has 0 fully saturated rings. The summed E-state index contributed by atoms with van der Waals surface area (Å²) >= 11 is 6.54. The number of halogens is 2. The minimum Gasteiger partial charge on any atom is -0.245 e. The standard InChI is InChI=1S/C6H6Br2N2/c1-2-4-6(8)9-3-5(7)10-4/h3H,2H2,1H3. The molecule has 0 N–H and O–H groups in total. The summed E-state index contributed by atoms with van der Waals surface area (Å²) in [7, 11) is 0. The van der Waals surface area contributed by atoms with Crippen molar-refractivity contribution in [1.29, 1.82) is 0 Å². The Morgan fingerprint density at radius 3 is 2.70 bits per heavy atom. The van der Waals surface area contributed by atoms with E-state index in [9.17, 15) is 0 Å². The van der Waals surface area contributed by atoms with Crippen LogP contribution in [-0.4, -0.2) is 9.97 Å². The van der Waals surface area contributed by atoms with Crippen LogP contribution in [0.5, 0.6) is 0 Å². The molecule has 0 atom stereocenters. The van der Waals surface area contributed by atoms with Crippen molar-refractivity contribution in [2.75, 3.05) is 0 Å². The Kier molecular flexibility index (Phi) is 2.80. The summed E-state index contributed by atoms with van der Waals surface area (Å²) in [5, 5.41) is 0. The first-order valence-corrected chi connectivity index (χ1v) is 4.49. The van der Waals surface area contributed by atoms with E-state index in [0.29, 0.717) is 0 Å². The van der Waals surface area contributed by atoms with Crippen LogP contribution in [0.15, 0.2) is 15.4 Å². The summed E-state index contributed by atoms with van der Waals surface area (Å²) in [5.74, 6) is 0. The first kappa shape index (κ1) is 8.14. The van der Waals surface area contributed by atoms with Gasteiger partial charge in [-0.05, 0) is 38.3 Å². The van der Waals surface area contributed by atoms with E-state index in [1.165, 1.54) is 0 Å². The molecule has 1 rings (SSSR count). The third-order valence-corrected chi connectivity index (χ3v) is 2.14. The largest absolute Gasteiger partial charge is 0.245 e. The second-order valence-electron chi connectivity index (χ2n) is 1.78. The summed E-state index contributed by atoms with van der Waals surface area (Å²) in [5.41, 5.74) is 0.981. The van der Waals surface area contributed by atoms with Gasteiger partial charge in [0.25, 0.3) is 0 Å². The molecule has 1 heterocycles. The quantitative estimate of drug-likeness (QED) is 0.780. The summed E-state index contributed by atoms with van der Waals surface area (Å²) in [6.45, 7) is 2.04. The van der Waals surface area contributed by atoms with E-state index < -0.39 is 0 Å². The van der Waals surface area contributed by atoms with Crippen LogP contribution in [0.25, 0.3) is 0 Å². The Morgan fingerprint density at radius 2 is 2.20 bits per heavy atom.